The SMILES string of the molecule is Cc1cc(C)cc(S(=O)(=O)N2CCNC[C@@H]2C)c1. The van der Waals surface area contributed by atoms with Gasteiger partial charge in [0.25, 0.3) is 0 Å². The van der Waals surface area contributed by atoms with E-state index >= 15 is 0 Å². The van der Waals surface area contributed by atoms with Crippen LogP contribution in [0.3, 0.4) is 0 Å². The summed E-state index contributed by atoms with van der Waals surface area (Å²) in [6.07, 6.45) is 0. The Kier molecular flexibility index (Phi) is 3.75. The van der Waals surface area contributed by atoms with Crippen molar-refractivity contribution in [3.05, 3.63) is 29.3 Å². The van der Waals surface area contributed by atoms with Crippen LogP contribution in [-0.4, -0.2) is 38.4 Å². The third-order valence-electron chi connectivity index (χ3n) is 3.24. The second-order valence-corrected chi connectivity index (χ2v) is 6.88. The molecule has 0 unspecified atom stereocenters. The van der Waals surface area contributed by atoms with Crippen LogP contribution in [0.15, 0.2) is 23.1 Å². The van der Waals surface area contributed by atoms with Crippen LogP contribution in [-0.2, 0) is 10.0 Å². The van der Waals surface area contributed by atoms with E-state index in [1.54, 1.807) is 16.4 Å². The van der Waals surface area contributed by atoms with E-state index in [1.165, 1.54) is 0 Å². The Morgan fingerprint density at radius 2 is 1.83 bits per heavy atom. The molecular weight excluding hydrogens is 248 g/mol. The number of aryl methyl sites for hydroxylation is 2. The smallest absolute Gasteiger partial charge is 0.243 e. The van der Waals surface area contributed by atoms with Crippen molar-refractivity contribution in [1.29, 1.82) is 0 Å². The maximum atomic E-state index is 12.6. The first kappa shape index (κ1) is 13.5. The number of nitrogens with zero attached hydrogens (tertiary/aromatic N) is 1. The molecule has 1 aliphatic rings. The lowest BCUT2D eigenvalue weighted by atomic mass is 10.2. The summed E-state index contributed by atoms with van der Waals surface area (Å²) in [6.45, 7) is 7.75. The number of sulfonamides is 1. The number of hydrogen-bond donors (Lipinski definition) is 1. The van der Waals surface area contributed by atoms with Crippen molar-refractivity contribution in [2.24, 2.45) is 0 Å². The minimum Gasteiger partial charge on any atom is -0.314 e. The lowest BCUT2D eigenvalue weighted by Gasteiger charge is -2.33. The van der Waals surface area contributed by atoms with Gasteiger partial charge in [0.2, 0.25) is 10.0 Å². The van der Waals surface area contributed by atoms with Crippen LogP contribution in [0.25, 0.3) is 0 Å². The molecule has 0 radical (unpaired) electrons. The van der Waals surface area contributed by atoms with E-state index < -0.39 is 10.0 Å². The monoisotopic (exact) mass is 268 g/mol. The predicted octanol–water partition coefficient (Wildman–Crippen LogP) is 1.29. The zero-order valence-electron chi connectivity index (χ0n) is 11.1. The fourth-order valence-electron chi connectivity index (χ4n) is 2.40. The average molecular weight is 268 g/mol. The van der Waals surface area contributed by atoms with Crippen molar-refractivity contribution < 1.29 is 8.42 Å². The normalized spacial score (nSPS) is 22.1. The summed E-state index contributed by atoms with van der Waals surface area (Å²) in [5.41, 5.74) is 1.97. The maximum Gasteiger partial charge on any atom is 0.243 e. The van der Waals surface area contributed by atoms with Gasteiger partial charge in [-0.05, 0) is 44.0 Å². The first-order valence-corrected chi connectivity index (χ1v) is 7.66. The van der Waals surface area contributed by atoms with Crippen molar-refractivity contribution in [1.82, 2.24) is 9.62 Å². The first-order valence-electron chi connectivity index (χ1n) is 6.22. The molecule has 1 saturated heterocycles. The van der Waals surface area contributed by atoms with E-state index in [2.05, 4.69) is 5.32 Å². The molecule has 1 aromatic carbocycles. The fraction of sp³-hybridized carbons (Fsp3) is 0.538. The second-order valence-electron chi connectivity index (χ2n) is 4.99. The third-order valence-corrected chi connectivity index (χ3v) is 5.23. The third kappa shape index (κ3) is 2.58. The Morgan fingerprint density at radius 1 is 1.22 bits per heavy atom. The van der Waals surface area contributed by atoms with E-state index in [1.807, 2.05) is 26.8 Å². The number of benzene rings is 1. The molecule has 0 spiro atoms. The molecule has 0 saturated carbocycles. The standard InChI is InChI=1S/C13H20N2O2S/c1-10-6-11(2)8-13(7-10)18(16,17)15-5-4-14-9-12(15)3/h6-8,12,14H,4-5,9H2,1-3H3/t12-/m0/s1. The van der Waals surface area contributed by atoms with Crippen molar-refractivity contribution in [3.8, 4) is 0 Å². The second kappa shape index (κ2) is 4.99. The van der Waals surface area contributed by atoms with E-state index in [-0.39, 0.29) is 6.04 Å². The molecule has 5 heteroatoms. The van der Waals surface area contributed by atoms with Gasteiger partial charge in [0.15, 0.2) is 0 Å². The molecule has 4 nitrogen and oxygen atoms in total. The van der Waals surface area contributed by atoms with Crippen molar-refractivity contribution in [2.75, 3.05) is 19.6 Å². The molecule has 100 valence electrons. The quantitative estimate of drug-likeness (QED) is 0.879. The number of nitrogens with one attached hydrogen (secondary N) is 1. The van der Waals surface area contributed by atoms with Gasteiger partial charge in [-0.3, -0.25) is 0 Å². The highest BCUT2D eigenvalue weighted by Crippen LogP contribution is 2.21. The summed E-state index contributed by atoms with van der Waals surface area (Å²) in [5.74, 6) is 0. The van der Waals surface area contributed by atoms with Gasteiger partial charge in [0.05, 0.1) is 4.90 Å². The molecule has 1 heterocycles. The summed E-state index contributed by atoms with van der Waals surface area (Å²) in [5, 5.41) is 3.20. The Balaban J connectivity index is 2.40. The highest BCUT2D eigenvalue weighted by atomic mass is 32.2. The zero-order chi connectivity index (χ0) is 13.3. The van der Waals surface area contributed by atoms with Gasteiger partial charge in [-0.2, -0.15) is 4.31 Å². The lowest BCUT2D eigenvalue weighted by Crippen LogP contribution is -2.52. The molecule has 2 rings (SSSR count). The summed E-state index contributed by atoms with van der Waals surface area (Å²) in [6, 6.07) is 5.48. The van der Waals surface area contributed by atoms with Crippen LogP contribution in [0.5, 0.6) is 0 Å². The van der Waals surface area contributed by atoms with E-state index in [4.69, 9.17) is 0 Å². The van der Waals surface area contributed by atoms with Gasteiger partial charge in [-0.1, -0.05) is 6.07 Å². The van der Waals surface area contributed by atoms with Crippen LogP contribution >= 0.6 is 0 Å². The molecule has 0 bridgehead atoms. The topological polar surface area (TPSA) is 49.4 Å². The van der Waals surface area contributed by atoms with Gasteiger partial charge in [-0.15, -0.1) is 0 Å². The summed E-state index contributed by atoms with van der Waals surface area (Å²) < 4.78 is 26.8. The fourth-order valence-corrected chi connectivity index (χ4v) is 4.22. The van der Waals surface area contributed by atoms with Crippen LogP contribution in [0.2, 0.25) is 0 Å². The highest BCUT2D eigenvalue weighted by Gasteiger charge is 2.30. The molecular formula is C13H20N2O2S. The lowest BCUT2D eigenvalue weighted by molar-refractivity contribution is 0.284. The molecule has 1 aliphatic heterocycles. The average Bonchev–Trinajstić information content (AvgIpc) is 2.28. The van der Waals surface area contributed by atoms with Crippen molar-refractivity contribution in [3.63, 3.8) is 0 Å². The van der Waals surface area contributed by atoms with Crippen LogP contribution < -0.4 is 5.32 Å². The maximum absolute atomic E-state index is 12.6. The minimum atomic E-state index is -3.36. The van der Waals surface area contributed by atoms with Gasteiger partial charge in [-0.25, -0.2) is 8.42 Å². The Labute approximate surface area is 109 Å². The molecule has 0 aliphatic carbocycles. The van der Waals surface area contributed by atoms with Gasteiger partial charge in [0, 0.05) is 25.7 Å². The molecule has 0 aromatic heterocycles. The molecule has 1 fully saturated rings. The van der Waals surface area contributed by atoms with Gasteiger partial charge >= 0.3 is 0 Å². The molecule has 1 N–H and O–H groups in total. The number of piperazine rings is 1. The van der Waals surface area contributed by atoms with E-state index in [9.17, 15) is 8.42 Å². The van der Waals surface area contributed by atoms with Gasteiger partial charge in [0.1, 0.15) is 0 Å². The molecule has 18 heavy (non-hydrogen) atoms. The van der Waals surface area contributed by atoms with E-state index in [0.29, 0.717) is 24.5 Å². The number of hydrogen-bond acceptors (Lipinski definition) is 3. The van der Waals surface area contributed by atoms with Crippen molar-refractivity contribution >= 4 is 10.0 Å². The molecule has 1 atom stereocenters. The highest BCUT2D eigenvalue weighted by molar-refractivity contribution is 7.89. The Morgan fingerprint density at radius 3 is 2.39 bits per heavy atom. The van der Waals surface area contributed by atoms with Crippen molar-refractivity contribution in [2.45, 2.75) is 31.7 Å². The first-order chi connectivity index (χ1) is 8.41. The van der Waals surface area contributed by atoms with Gasteiger partial charge < -0.3 is 5.32 Å². The van der Waals surface area contributed by atoms with Crippen LogP contribution in [0, 0.1) is 13.8 Å². The predicted molar refractivity (Wildman–Crippen MR) is 72.1 cm³/mol. The Bertz CT molecular complexity index is 520. The summed E-state index contributed by atoms with van der Waals surface area (Å²) in [7, 11) is -3.36. The largest absolute Gasteiger partial charge is 0.314 e. The van der Waals surface area contributed by atoms with E-state index in [0.717, 1.165) is 11.1 Å². The minimum absolute atomic E-state index is 0.00423. The summed E-state index contributed by atoms with van der Waals surface area (Å²) in [4.78, 5) is 0.411. The van der Waals surface area contributed by atoms with Crippen LogP contribution in [0.4, 0.5) is 0 Å². The molecule has 1 aromatic rings. The number of rotatable bonds is 2. The Hall–Kier alpha value is -0.910. The molecule has 0 amide bonds. The zero-order valence-corrected chi connectivity index (χ0v) is 11.9. The van der Waals surface area contributed by atoms with Crippen LogP contribution in [0.1, 0.15) is 18.1 Å². The summed E-state index contributed by atoms with van der Waals surface area (Å²) >= 11 is 0.